The number of rotatable bonds is 9. The van der Waals surface area contributed by atoms with Crippen molar-refractivity contribution in [2.24, 2.45) is 11.7 Å². The Morgan fingerprint density at radius 2 is 1.73 bits per heavy atom. The SMILES string of the molecule is Cc1c(C(N)=O)cc(C(=O)CN2CCN(C(=O)NCc3ccccc3)CC2)n1CCC(C)C. The molecule has 8 nitrogen and oxygen atoms in total. The van der Waals surface area contributed by atoms with Crippen LogP contribution >= 0.6 is 0 Å². The molecule has 3 rings (SSSR count). The third-order valence-corrected chi connectivity index (χ3v) is 6.16. The third-order valence-electron chi connectivity index (χ3n) is 6.16. The first-order valence-corrected chi connectivity index (χ1v) is 11.6. The second-order valence-electron chi connectivity index (χ2n) is 9.06. The number of amides is 3. The molecule has 0 spiro atoms. The quantitative estimate of drug-likeness (QED) is 0.570. The van der Waals surface area contributed by atoms with Crippen LogP contribution in [0.5, 0.6) is 0 Å². The number of benzene rings is 1. The van der Waals surface area contributed by atoms with Gasteiger partial charge in [0, 0.05) is 45.0 Å². The molecule has 1 saturated heterocycles. The maximum absolute atomic E-state index is 13.1. The summed E-state index contributed by atoms with van der Waals surface area (Å²) >= 11 is 0. The predicted octanol–water partition coefficient (Wildman–Crippen LogP) is 2.65. The van der Waals surface area contributed by atoms with Crippen molar-refractivity contribution in [1.29, 1.82) is 0 Å². The second kappa shape index (κ2) is 11.1. The number of piperazine rings is 1. The minimum atomic E-state index is -0.514. The first kappa shape index (κ1) is 24.5. The Balaban J connectivity index is 1.56. The maximum atomic E-state index is 13.1. The molecule has 3 amide bonds. The van der Waals surface area contributed by atoms with Crippen LogP contribution in [0, 0.1) is 12.8 Å². The Kier molecular flexibility index (Phi) is 8.27. The van der Waals surface area contributed by atoms with E-state index < -0.39 is 5.91 Å². The largest absolute Gasteiger partial charge is 0.366 e. The van der Waals surface area contributed by atoms with E-state index in [0.717, 1.165) is 17.7 Å². The molecule has 0 saturated carbocycles. The fourth-order valence-corrected chi connectivity index (χ4v) is 4.08. The highest BCUT2D eigenvalue weighted by Gasteiger charge is 2.25. The highest BCUT2D eigenvalue weighted by Crippen LogP contribution is 2.19. The van der Waals surface area contributed by atoms with E-state index in [2.05, 4.69) is 24.1 Å². The van der Waals surface area contributed by atoms with Crippen LogP contribution in [0.4, 0.5) is 4.79 Å². The Hall–Kier alpha value is -3.13. The van der Waals surface area contributed by atoms with E-state index in [1.54, 1.807) is 11.0 Å². The minimum absolute atomic E-state index is 0.0312. The van der Waals surface area contributed by atoms with Crippen LogP contribution in [0.25, 0.3) is 0 Å². The highest BCUT2D eigenvalue weighted by molar-refractivity contribution is 6.01. The average Bonchev–Trinajstić information content (AvgIpc) is 3.13. The van der Waals surface area contributed by atoms with Crippen LogP contribution < -0.4 is 11.1 Å². The molecule has 1 aromatic carbocycles. The van der Waals surface area contributed by atoms with Gasteiger partial charge in [0.2, 0.25) is 0 Å². The van der Waals surface area contributed by atoms with Crippen LogP contribution in [0.1, 0.15) is 52.4 Å². The molecule has 3 N–H and O–H groups in total. The topological polar surface area (TPSA) is 101 Å². The predicted molar refractivity (Wildman–Crippen MR) is 128 cm³/mol. The van der Waals surface area contributed by atoms with Gasteiger partial charge >= 0.3 is 6.03 Å². The lowest BCUT2D eigenvalue weighted by molar-refractivity contribution is 0.0868. The van der Waals surface area contributed by atoms with Gasteiger partial charge in [0.1, 0.15) is 0 Å². The summed E-state index contributed by atoms with van der Waals surface area (Å²) in [5, 5.41) is 2.95. The van der Waals surface area contributed by atoms with Crippen molar-refractivity contribution in [2.45, 2.75) is 40.3 Å². The van der Waals surface area contributed by atoms with Gasteiger partial charge in [-0.05, 0) is 30.9 Å². The van der Waals surface area contributed by atoms with E-state index in [4.69, 9.17) is 5.73 Å². The summed E-state index contributed by atoms with van der Waals surface area (Å²) in [6.45, 7) is 9.89. The number of carbonyl (C=O) groups is 3. The van der Waals surface area contributed by atoms with Crippen molar-refractivity contribution >= 4 is 17.7 Å². The van der Waals surface area contributed by atoms with E-state index in [0.29, 0.717) is 56.4 Å². The summed E-state index contributed by atoms with van der Waals surface area (Å²) in [5.41, 5.74) is 8.26. The van der Waals surface area contributed by atoms with Gasteiger partial charge in [-0.2, -0.15) is 0 Å². The monoisotopic (exact) mass is 453 g/mol. The van der Waals surface area contributed by atoms with Gasteiger partial charge in [-0.25, -0.2) is 4.79 Å². The van der Waals surface area contributed by atoms with E-state index in [1.807, 2.05) is 41.8 Å². The zero-order chi connectivity index (χ0) is 24.0. The zero-order valence-corrected chi connectivity index (χ0v) is 19.8. The van der Waals surface area contributed by atoms with Crippen LogP contribution in [-0.2, 0) is 13.1 Å². The van der Waals surface area contributed by atoms with Crippen molar-refractivity contribution in [3.05, 3.63) is 58.9 Å². The van der Waals surface area contributed by atoms with E-state index in [-0.39, 0.29) is 18.4 Å². The minimum Gasteiger partial charge on any atom is -0.366 e. The lowest BCUT2D eigenvalue weighted by atomic mass is 10.1. The first-order chi connectivity index (χ1) is 15.8. The summed E-state index contributed by atoms with van der Waals surface area (Å²) in [6.07, 6.45) is 0.908. The lowest BCUT2D eigenvalue weighted by Gasteiger charge is -2.34. The summed E-state index contributed by atoms with van der Waals surface area (Å²) in [4.78, 5) is 41.3. The molecule has 1 aromatic heterocycles. The van der Waals surface area contributed by atoms with Crippen molar-refractivity contribution in [2.75, 3.05) is 32.7 Å². The molecule has 0 aliphatic carbocycles. The van der Waals surface area contributed by atoms with Gasteiger partial charge in [-0.3, -0.25) is 14.5 Å². The summed E-state index contributed by atoms with van der Waals surface area (Å²) in [6, 6.07) is 11.3. The van der Waals surface area contributed by atoms with Gasteiger partial charge < -0.3 is 20.5 Å². The van der Waals surface area contributed by atoms with Gasteiger partial charge in [-0.15, -0.1) is 0 Å². The number of Topliss-reactive ketones (excluding diaryl/α,β-unsaturated/α-hetero) is 1. The van der Waals surface area contributed by atoms with Crippen LogP contribution in [-0.4, -0.2) is 64.8 Å². The zero-order valence-electron chi connectivity index (χ0n) is 19.8. The number of ketones is 1. The molecule has 0 radical (unpaired) electrons. The van der Waals surface area contributed by atoms with Gasteiger partial charge in [0.15, 0.2) is 5.78 Å². The molecule has 0 bridgehead atoms. The summed E-state index contributed by atoms with van der Waals surface area (Å²) < 4.78 is 1.93. The van der Waals surface area contributed by atoms with Crippen molar-refractivity contribution in [1.82, 2.24) is 19.7 Å². The first-order valence-electron chi connectivity index (χ1n) is 11.6. The molecule has 0 unspecified atom stereocenters. The van der Waals surface area contributed by atoms with Gasteiger partial charge in [-0.1, -0.05) is 44.2 Å². The molecule has 0 atom stereocenters. The number of urea groups is 1. The van der Waals surface area contributed by atoms with Crippen LogP contribution in [0.2, 0.25) is 0 Å². The number of aromatic nitrogens is 1. The second-order valence-corrected chi connectivity index (χ2v) is 9.06. The number of primary amides is 1. The molecule has 8 heteroatoms. The summed E-state index contributed by atoms with van der Waals surface area (Å²) in [7, 11) is 0. The number of carbonyl (C=O) groups excluding carboxylic acids is 3. The van der Waals surface area contributed by atoms with Gasteiger partial charge in [0.05, 0.1) is 17.8 Å². The molecule has 2 aromatic rings. The van der Waals surface area contributed by atoms with E-state index in [1.165, 1.54) is 0 Å². The molecular formula is C25H35N5O3. The Morgan fingerprint density at radius 1 is 1.06 bits per heavy atom. The Morgan fingerprint density at radius 3 is 2.33 bits per heavy atom. The Bertz CT molecular complexity index is 975. The standard InChI is InChI=1S/C25H35N5O3/c1-18(2)9-10-30-19(3)21(24(26)32)15-22(30)23(31)17-28-11-13-29(14-12-28)25(33)27-16-20-7-5-4-6-8-20/h4-8,15,18H,9-14,16-17H2,1-3H3,(H2,26,32)(H,27,33). The molecule has 1 aliphatic heterocycles. The van der Waals surface area contributed by atoms with Gasteiger partial charge in [0.25, 0.3) is 5.91 Å². The van der Waals surface area contributed by atoms with E-state index >= 15 is 0 Å². The normalized spacial score (nSPS) is 14.5. The number of hydrogen-bond donors (Lipinski definition) is 2. The Labute approximate surface area is 195 Å². The van der Waals surface area contributed by atoms with Crippen molar-refractivity contribution in [3.63, 3.8) is 0 Å². The number of nitrogens with zero attached hydrogens (tertiary/aromatic N) is 3. The smallest absolute Gasteiger partial charge is 0.317 e. The fourth-order valence-electron chi connectivity index (χ4n) is 4.08. The molecule has 178 valence electrons. The number of hydrogen-bond acceptors (Lipinski definition) is 4. The van der Waals surface area contributed by atoms with Crippen LogP contribution in [0.3, 0.4) is 0 Å². The number of nitrogens with one attached hydrogen (secondary N) is 1. The fraction of sp³-hybridized carbons (Fsp3) is 0.480. The molecule has 33 heavy (non-hydrogen) atoms. The van der Waals surface area contributed by atoms with Crippen LogP contribution in [0.15, 0.2) is 36.4 Å². The third kappa shape index (κ3) is 6.44. The molecule has 1 aliphatic rings. The van der Waals surface area contributed by atoms with Crippen molar-refractivity contribution in [3.8, 4) is 0 Å². The summed E-state index contributed by atoms with van der Waals surface area (Å²) in [5.74, 6) is -0.0655. The molecular weight excluding hydrogens is 418 g/mol. The number of nitrogens with two attached hydrogens (primary N) is 1. The highest BCUT2D eigenvalue weighted by atomic mass is 16.2. The average molecular weight is 454 g/mol. The maximum Gasteiger partial charge on any atom is 0.317 e. The van der Waals surface area contributed by atoms with E-state index in [9.17, 15) is 14.4 Å². The molecule has 2 heterocycles. The molecule has 1 fully saturated rings. The lowest BCUT2D eigenvalue weighted by Crippen LogP contribution is -2.52. The van der Waals surface area contributed by atoms with Crippen molar-refractivity contribution < 1.29 is 14.4 Å².